The summed E-state index contributed by atoms with van der Waals surface area (Å²) in [5, 5.41) is 13.7. The number of hydrogen-bond acceptors (Lipinski definition) is 5. The van der Waals surface area contributed by atoms with Gasteiger partial charge in [0.05, 0.1) is 5.56 Å². The number of piperazine rings is 1. The van der Waals surface area contributed by atoms with Crippen molar-refractivity contribution >= 4 is 5.91 Å². The average molecular weight is 231 g/mol. The molecule has 0 atom stereocenters. The predicted molar refractivity (Wildman–Crippen MR) is 60.9 cm³/mol. The summed E-state index contributed by atoms with van der Waals surface area (Å²) in [6.45, 7) is 3.28. The van der Waals surface area contributed by atoms with Crippen LogP contribution in [0, 0.1) is 11.3 Å². The van der Waals surface area contributed by atoms with Gasteiger partial charge in [0.15, 0.2) is 0 Å². The highest BCUT2D eigenvalue weighted by Crippen LogP contribution is 1.99. The van der Waals surface area contributed by atoms with Gasteiger partial charge in [-0.3, -0.25) is 10.2 Å². The molecule has 2 N–H and O–H groups in total. The molecule has 1 fully saturated rings. The van der Waals surface area contributed by atoms with Gasteiger partial charge in [-0.1, -0.05) is 0 Å². The van der Waals surface area contributed by atoms with Crippen LogP contribution >= 0.6 is 0 Å². The minimum Gasteiger partial charge on any atom is -0.314 e. The third kappa shape index (κ3) is 3.00. The third-order valence-corrected chi connectivity index (χ3v) is 2.50. The zero-order valence-electron chi connectivity index (χ0n) is 9.31. The molecule has 0 bridgehead atoms. The van der Waals surface area contributed by atoms with Crippen LogP contribution in [0.2, 0.25) is 0 Å². The summed E-state index contributed by atoms with van der Waals surface area (Å²) in [6, 6.07) is 5.10. The quantitative estimate of drug-likeness (QED) is 0.717. The number of hydrogen-bond donors (Lipinski definition) is 2. The van der Waals surface area contributed by atoms with Gasteiger partial charge in [0, 0.05) is 32.4 Å². The van der Waals surface area contributed by atoms with Gasteiger partial charge >= 0.3 is 0 Å². The molecule has 1 amide bonds. The molecule has 1 aliphatic heterocycles. The number of hydrazine groups is 1. The zero-order valence-corrected chi connectivity index (χ0v) is 9.31. The molecule has 2 rings (SSSR count). The van der Waals surface area contributed by atoms with Crippen LogP contribution in [0.5, 0.6) is 0 Å². The van der Waals surface area contributed by atoms with E-state index in [1.54, 1.807) is 12.1 Å². The second-order valence-electron chi connectivity index (χ2n) is 3.72. The number of carbonyl (C=O) groups excluding carboxylic acids is 1. The van der Waals surface area contributed by atoms with E-state index in [-0.39, 0.29) is 5.91 Å². The van der Waals surface area contributed by atoms with Crippen molar-refractivity contribution in [2.45, 2.75) is 0 Å². The first-order valence-corrected chi connectivity index (χ1v) is 5.42. The Morgan fingerprint density at radius 1 is 1.47 bits per heavy atom. The lowest BCUT2D eigenvalue weighted by Gasteiger charge is -2.27. The van der Waals surface area contributed by atoms with Crippen LogP contribution in [0.3, 0.4) is 0 Å². The van der Waals surface area contributed by atoms with Crippen molar-refractivity contribution in [3.05, 3.63) is 29.6 Å². The van der Waals surface area contributed by atoms with E-state index in [9.17, 15) is 4.79 Å². The van der Waals surface area contributed by atoms with Crippen LogP contribution < -0.4 is 10.7 Å². The predicted octanol–water partition coefficient (Wildman–Crippen LogP) is -0.497. The number of rotatable bonds is 2. The van der Waals surface area contributed by atoms with E-state index in [4.69, 9.17) is 5.26 Å². The number of nitrogens with one attached hydrogen (secondary N) is 2. The molecule has 6 nitrogen and oxygen atoms in total. The van der Waals surface area contributed by atoms with Gasteiger partial charge in [-0.25, -0.2) is 9.99 Å². The highest BCUT2D eigenvalue weighted by molar-refractivity contribution is 5.91. The first-order chi connectivity index (χ1) is 8.29. The normalized spacial score (nSPS) is 16.2. The Bertz CT molecular complexity index is 430. The molecular weight excluding hydrogens is 218 g/mol. The molecule has 17 heavy (non-hydrogen) atoms. The van der Waals surface area contributed by atoms with Crippen molar-refractivity contribution in [2.75, 3.05) is 26.2 Å². The van der Waals surface area contributed by atoms with Crippen LogP contribution in [-0.4, -0.2) is 42.1 Å². The standard InChI is InChI=1S/C11H13N5O/c12-7-9-1-2-10(14-8-9)11(17)15-16-5-3-13-4-6-16/h1-2,8,13H,3-6H2,(H,15,17). The first-order valence-electron chi connectivity index (χ1n) is 5.42. The van der Waals surface area contributed by atoms with Crippen molar-refractivity contribution < 1.29 is 4.79 Å². The number of nitriles is 1. The summed E-state index contributed by atoms with van der Waals surface area (Å²) in [5.74, 6) is -0.239. The van der Waals surface area contributed by atoms with Crippen molar-refractivity contribution in [1.29, 1.82) is 5.26 Å². The van der Waals surface area contributed by atoms with Crippen LogP contribution in [0.1, 0.15) is 16.1 Å². The molecule has 0 unspecified atom stereocenters. The Hall–Kier alpha value is -1.97. The van der Waals surface area contributed by atoms with Crippen LogP contribution in [-0.2, 0) is 0 Å². The average Bonchev–Trinajstić information content (AvgIpc) is 2.40. The minimum absolute atomic E-state index is 0.239. The Kier molecular flexibility index (Phi) is 3.65. The van der Waals surface area contributed by atoms with Gasteiger partial charge in [0.1, 0.15) is 11.8 Å². The molecule has 1 aromatic heterocycles. The molecule has 88 valence electrons. The first kappa shape index (κ1) is 11.5. The third-order valence-electron chi connectivity index (χ3n) is 2.50. The van der Waals surface area contributed by atoms with Gasteiger partial charge in [-0.2, -0.15) is 5.26 Å². The molecule has 6 heteroatoms. The molecule has 1 aromatic rings. The Balaban J connectivity index is 1.96. The van der Waals surface area contributed by atoms with Crippen molar-refractivity contribution in [3.8, 4) is 6.07 Å². The zero-order chi connectivity index (χ0) is 12.1. The fourth-order valence-electron chi connectivity index (χ4n) is 1.57. The summed E-state index contributed by atoms with van der Waals surface area (Å²) in [7, 11) is 0. The lowest BCUT2D eigenvalue weighted by molar-refractivity contribution is 0.0759. The fourth-order valence-corrected chi connectivity index (χ4v) is 1.57. The van der Waals surface area contributed by atoms with Crippen LogP contribution in [0.25, 0.3) is 0 Å². The van der Waals surface area contributed by atoms with E-state index < -0.39 is 0 Å². The maximum absolute atomic E-state index is 11.8. The van der Waals surface area contributed by atoms with Crippen molar-refractivity contribution in [1.82, 2.24) is 20.7 Å². The monoisotopic (exact) mass is 231 g/mol. The lowest BCUT2D eigenvalue weighted by atomic mass is 10.2. The maximum Gasteiger partial charge on any atom is 0.284 e. The summed E-state index contributed by atoms with van der Waals surface area (Å²) in [6.07, 6.45) is 1.40. The van der Waals surface area contributed by atoms with Crippen LogP contribution in [0.15, 0.2) is 18.3 Å². The number of nitrogens with zero attached hydrogens (tertiary/aromatic N) is 3. The van der Waals surface area contributed by atoms with E-state index in [1.807, 2.05) is 11.1 Å². The van der Waals surface area contributed by atoms with Crippen LogP contribution in [0.4, 0.5) is 0 Å². The molecule has 1 aliphatic rings. The lowest BCUT2D eigenvalue weighted by Crippen LogP contribution is -2.52. The molecule has 0 saturated carbocycles. The van der Waals surface area contributed by atoms with Gasteiger partial charge in [0.25, 0.3) is 5.91 Å². The smallest absolute Gasteiger partial charge is 0.284 e. The van der Waals surface area contributed by atoms with Crippen molar-refractivity contribution in [2.24, 2.45) is 0 Å². The van der Waals surface area contributed by atoms with E-state index in [2.05, 4.69) is 15.7 Å². The molecule has 0 radical (unpaired) electrons. The van der Waals surface area contributed by atoms with E-state index >= 15 is 0 Å². The van der Waals surface area contributed by atoms with Crippen molar-refractivity contribution in [3.63, 3.8) is 0 Å². The molecule has 1 saturated heterocycles. The summed E-state index contributed by atoms with van der Waals surface area (Å²) in [4.78, 5) is 15.7. The number of pyridine rings is 1. The van der Waals surface area contributed by atoms with Gasteiger partial charge in [0.2, 0.25) is 0 Å². The van der Waals surface area contributed by atoms with Gasteiger partial charge < -0.3 is 5.32 Å². The second-order valence-corrected chi connectivity index (χ2v) is 3.72. The minimum atomic E-state index is -0.239. The highest BCUT2D eigenvalue weighted by Gasteiger charge is 2.14. The van der Waals surface area contributed by atoms with E-state index in [0.29, 0.717) is 11.3 Å². The topological polar surface area (TPSA) is 81.0 Å². The summed E-state index contributed by atoms with van der Waals surface area (Å²) in [5.41, 5.74) is 3.55. The molecule has 0 aromatic carbocycles. The Morgan fingerprint density at radius 2 is 2.24 bits per heavy atom. The molecular formula is C11H13N5O. The number of aromatic nitrogens is 1. The number of amides is 1. The molecule has 2 heterocycles. The Morgan fingerprint density at radius 3 is 2.82 bits per heavy atom. The second kappa shape index (κ2) is 5.39. The van der Waals surface area contributed by atoms with E-state index in [0.717, 1.165) is 26.2 Å². The maximum atomic E-state index is 11.8. The molecule has 0 aliphatic carbocycles. The fraction of sp³-hybridized carbons (Fsp3) is 0.364. The van der Waals surface area contributed by atoms with E-state index in [1.165, 1.54) is 6.20 Å². The summed E-state index contributed by atoms with van der Waals surface area (Å²) < 4.78 is 0. The van der Waals surface area contributed by atoms with Gasteiger partial charge in [-0.15, -0.1) is 0 Å². The Labute approximate surface area is 99.2 Å². The largest absolute Gasteiger partial charge is 0.314 e. The van der Waals surface area contributed by atoms with Gasteiger partial charge in [-0.05, 0) is 12.1 Å². The SMILES string of the molecule is N#Cc1ccc(C(=O)NN2CCNCC2)nc1. The highest BCUT2D eigenvalue weighted by atomic mass is 16.2. The number of carbonyl (C=O) groups is 1. The molecule has 0 spiro atoms. The summed E-state index contributed by atoms with van der Waals surface area (Å²) >= 11 is 0.